The van der Waals surface area contributed by atoms with Crippen LogP contribution in [0.25, 0.3) is 6.08 Å². The van der Waals surface area contributed by atoms with Crippen LogP contribution in [0.4, 0.5) is 11.4 Å². The number of benzene rings is 2. The van der Waals surface area contributed by atoms with Crippen LogP contribution >= 0.6 is 11.6 Å². The molecule has 0 spiro atoms. The Morgan fingerprint density at radius 2 is 1.86 bits per heavy atom. The number of amides is 2. The number of nitrogens with one attached hydrogen (secondary N) is 2. The zero-order valence-corrected chi connectivity index (χ0v) is 16.6. The molecule has 0 saturated carbocycles. The van der Waals surface area contributed by atoms with E-state index in [0.717, 1.165) is 36.1 Å². The molecule has 7 heteroatoms. The van der Waals surface area contributed by atoms with E-state index in [0.29, 0.717) is 30.4 Å². The second-order valence-corrected chi connectivity index (χ2v) is 7.15. The lowest BCUT2D eigenvalue weighted by Crippen LogP contribution is -2.16. The average Bonchev–Trinajstić information content (AvgIpc) is 3.22. The van der Waals surface area contributed by atoms with Gasteiger partial charge in [-0.05, 0) is 54.2 Å². The van der Waals surface area contributed by atoms with E-state index in [2.05, 4.69) is 16.7 Å². The van der Waals surface area contributed by atoms with Gasteiger partial charge in [-0.2, -0.15) is 0 Å². The zero-order valence-electron chi connectivity index (χ0n) is 15.8. The van der Waals surface area contributed by atoms with Crippen molar-refractivity contribution < 1.29 is 19.1 Å². The van der Waals surface area contributed by atoms with Gasteiger partial charge in [-0.25, -0.2) is 0 Å². The Kier molecular flexibility index (Phi) is 5.71. The zero-order chi connectivity index (χ0) is 20.2. The van der Waals surface area contributed by atoms with E-state index >= 15 is 0 Å². The predicted molar refractivity (Wildman–Crippen MR) is 113 cm³/mol. The van der Waals surface area contributed by atoms with Gasteiger partial charge in [0.15, 0.2) is 11.5 Å². The summed E-state index contributed by atoms with van der Waals surface area (Å²) in [4.78, 5) is 24.3. The fraction of sp³-hybridized carbons (Fsp3) is 0.273. The van der Waals surface area contributed by atoms with Crippen LogP contribution in [-0.4, -0.2) is 30.9 Å². The number of hydrogen-bond donors (Lipinski definition) is 2. The van der Waals surface area contributed by atoms with Crippen LogP contribution in [0.15, 0.2) is 36.4 Å². The van der Waals surface area contributed by atoms with E-state index in [4.69, 9.17) is 21.1 Å². The van der Waals surface area contributed by atoms with Crippen molar-refractivity contribution in [1.82, 2.24) is 0 Å². The molecular weight excluding hydrogens is 392 g/mol. The summed E-state index contributed by atoms with van der Waals surface area (Å²) in [6, 6.07) is 9.25. The minimum atomic E-state index is -0.281. The van der Waals surface area contributed by atoms with Gasteiger partial charge in [0.2, 0.25) is 11.8 Å². The average molecular weight is 413 g/mol. The highest BCUT2D eigenvalue weighted by molar-refractivity contribution is 6.29. The van der Waals surface area contributed by atoms with Gasteiger partial charge in [-0.3, -0.25) is 9.59 Å². The van der Waals surface area contributed by atoms with Gasteiger partial charge in [0, 0.05) is 17.8 Å². The third kappa shape index (κ3) is 4.38. The summed E-state index contributed by atoms with van der Waals surface area (Å²) < 4.78 is 11.0. The fourth-order valence-electron chi connectivity index (χ4n) is 3.61. The van der Waals surface area contributed by atoms with Crippen molar-refractivity contribution in [2.45, 2.75) is 19.3 Å². The molecule has 2 N–H and O–H groups in total. The van der Waals surface area contributed by atoms with E-state index in [1.165, 1.54) is 11.6 Å². The Labute approximate surface area is 173 Å². The lowest BCUT2D eigenvalue weighted by molar-refractivity contribution is -0.114. The summed E-state index contributed by atoms with van der Waals surface area (Å²) in [5.41, 5.74) is 4.50. The molecule has 0 atom stereocenters. The first kappa shape index (κ1) is 19.3. The van der Waals surface area contributed by atoms with Crippen molar-refractivity contribution in [3.05, 3.63) is 53.1 Å². The molecule has 0 saturated heterocycles. The quantitative estimate of drug-likeness (QED) is 0.579. The van der Waals surface area contributed by atoms with Crippen molar-refractivity contribution in [3.63, 3.8) is 0 Å². The van der Waals surface area contributed by atoms with Crippen molar-refractivity contribution in [2.75, 3.05) is 29.7 Å². The highest BCUT2D eigenvalue weighted by Crippen LogP contribution is 2.34. The van der Waals surface area contributed by atoms with Gasteiger partial charge in [-0.1, -0.05) is 12.1 Å². The van der Waals surface area contributed by atoms with Crippen LogP contribution in [-0.2, 0) is 22.4 Å². The molecule has 1 aliphatic heterocycles. The maximum absolute atomic E-state index is 12.4. The summed E-state index contributed by atoms with van der Waals surface area (Å²) in [7, 11) is 0. The fourth-order valence-corrected chi connectivity index (χ4v) is 3.68. The Morgan fingerprint density at radius 1 is 1.03 bits per heavy atom. The van der Waals surface area contributed by atoms with Crippen LogP contribution in [0.1, 0.15) is 23.1 Å². The molecular formula is C22H21ClN2O4. The molecule has 0 fully saturated rings. The Balaban J connectivity index is 1.51. The number of fused-ring (bicyclic) bond motifs is 2. The summed E-state index contributed by atoms with van der Waals surface area (Å²) in [5, 5.41) is 5.70. The smallest absolute Gasteiger partial charge is 0.248 e. The maximum Gasteiger partial charge on any atom is 0.248 e. The Hall–Kier alpha value is -2.99. The van der Waals surface area contributed by atoms with Crippen molar-refractivity contribution in [1.29, 1.82) is 0 Å². The van der Waals surface area contributed by atoms with Gasteiger partial charge in [-0.15, -0.1) is 11.6 Å². The number of alkyl halides is 1. The van der Waals surface area contributed by atoms with Gasteiger partial charge < -0.3 is 20.1 Å². The van der Waals surface area contributed by atoms with Gasteiger partial charge in [0.25, 0.3) is 0 Å². The van der Waals surface area contributed by atoms with Crippen molar-refractivity contribution in [3.8, 4) is 11.5 Å². The minimum absolute atomic E-state index is 0.114. The SMILES string of the molecule is O=C(/C=C/c1ccc2c(c1NC(=O)CCl)CCC2)Nc1ccc2c(c1)OCCO2. The number of aryl methyl sites for hydroxylation is 1. The molecule has 1 heterocycles. The van der Waals surface area contributed by atoms with Crippen LogP contribution in [0.3, 0.4) is 0 Å². The van der Waals surface area contributed by atoms with Gasteiger partial charge >= 0.3 is 0 Å². The summed E-state index contributed by atoms with van der Waals surface area (Å²) in [5.74, 6) is 0.627. The lowest BCUT2D eigenvalue weighted by Gasteiger charge is -2.18. The van der Waals surface area contributed by atoms with Crippen molar-refractivity contribution in [2.24, 2.45) is 0 Å². The molecule has 150 valence electrons. The standard InChI is InChI=1S/C22H21ClN2O4/c23-13-21(27)25-22-15(5-4-14-2-1-3-17(14)22)6-9-20(26)24-16-7-8-18-19(12-16)29-11-10-28-18/h4-9,12H,1-3,10-11,13H2,(H,24,26)(H,25,27)/b9-6+. The van der Waals surface area contributed by atoms with Crippen LogP contribution < -0.4 is 20.1 Å². The number of carbonyl (C=O) groups is 2. The first-order valence-electron chi connectivity index (χ1n) is 9.53. The van der Waals surface area contributed by atoms with Crippen LogP contribution in [0.5, 0.6) is 11.5 Å². The molecule has 29 heavy (non-hydrogen) atoms. The predicted octanol–water partition coefficient (Wildman–Crippen LogP) is 3.78. The van der Waals surface area contributed by atoms with Crippen LogP contribution in [0, 0.1) is 0 Å². The largest absolute Gasteiger partial charge is 0.486 e. The normalized spacial score (nSPS) is 14.5. The molecule has 0 bridgehead atoms. The van der Waals surface area contributed by atoms with E-state index in [1.54, 1.807) is 24.3 Å². The van der Waals surface area contributed by atoms with E-state index < -0.39 is 0 Å². The second-order valence-electron chi connectivity index (χ2n) is 6.88. The Bertz CT molecular complexity index is 987. The molecule has 2 aromatic carbocycles. The number of ether oxygens (including phenoxy) is 2. The molecule has 0 aromatic heterocycles. The minimum Gasteiger partial charge on any atom is -0.486 e. The number of rotatable bonds is 5. The summed E-state index contributed by atoms with van der Waals surface area (Å²) >= 11 is 5.66. The number of hydrogen-bond acceptors (Lipinski definition) is 4. The summed E-state index contributed by atoms with van der Waals surface area (Å²) in [6.45, 7) is 1.00. The molecule has 0 radical (unpaired) electrons. The topological polar surface area (TPSA) is 76.7 Å². The molecule has 2 aromatic rings. The first-order valence-corrected chi connectivity index (χ1v) is 10.1. The Morgan fingerprint density at radius 3 is 2.69 bits per heavy atom. The molecule has 4 rings (SSSR count). The molecule has 1 aliphatic carbocycles. The summed E-state index contributed by atoms with van der Waals surface area (Å²) in [6.07, 6.45) is 6.10. The van der Waals surface area contributed by atoms with E-state index in [9.17, 15) is 9.59 Å². The third-order valence-electron chi connectivity index (χ3n) is 4.92. The van der Waals surface area contributed by atoms with E-state index in [-0.39, 0.29) is 17.7 Å². The van der Waals surface area contributed by atoms with Crippen molar-refractivity contribution >= 4 is 40.9 Å². The molecule has 2 amide bonds. The highest BCUT2D eigenvalue weighted by Gasteiger charge is 2.18. The highest BCUT2D eigenvalue weighted by atomic mass is 35.5. The molecule has 6 nitrogen and oxygen atoms in total. The molecule has 2 aliphatic rings. The van der Waals surface area contributed by atoms with Gasteiger partial charge in [0.05, 0.1) is 5.69 Å². The third-order valence-corrected chi connectivity index (χ3v) is 5.17. The number of carbonyl (C=O) groups excluding carboxylic acids is 2. The van der Waals surface area contributed by atoms with Crippen LogP contribution in [0.2, 0.25) is 0 Å². The number of halogens is 1. The lowest BCUT2D eigenvalue weighted by atomic mass is 10.0. The first-order chi connectivity index (χ1) is 14.1. The second kappa shape index (κ2) is 8.57. The molecule has 0 unspecified atom stereocenters. The monoisotopic (exact) mass is 412 g/mol. The number of anilines is 2. The van der Waals surface area contributed by atoms with Gasteiger partial charge in [0.1, 0.15) is 19.1 Å². The maximum atomic E-state index is 12.4. The van der Waals surface area contributed by atoms with E-state index in [1.807, 2.05) is 6.07 Å².